The van der Waals surface area contributed by atoms with Crippen LogP contribution in [0.3, 0.4) is 0 Å². The minimum atomic E-state index is -1.06. The number of hydrogen-bond acceptors (Lipinski definition) is 3. The number of rotatable bonds is 6. The van der Waals surface area contributed by atoms with Crippen LogP contribution in [0.4, 0.5) is 5.69 Å². The highest BCUT2D eigenvalue weighted by atomic mass is 16.5. The molecule has 1 atom stereocenters. The number of hydrogen-bond donors (Lipinski definition) is 2. The minimum absolute atomic E-state index is 0.0915. The summed E-state index contributed by atoms with van der Waals surface area (Å²) >= 11 is 0. The van der Waals surface area contributed by atoms with Crippen LogP contribution in [0.5, 0.6) is 5.75 Å². The van der Waals surface area contributed by atoms with E-state index in [0.29, 0.717) is 11.4 Å². The Bertz CT molecular complexity index is 725. The van der Waals surface area contributed by atoms with E-state index in [0.717, 1.165) is 5.56 Å². The molecule has 2 N–H and O–H groups in total. The lowest BCUT2D eigenvalue weighted by atomic mass is 10.0. The van der Waals surface area contributed by atoms with Crippen molar-refractivity contribution in [3.63, 3.8) is 0 Å². The van der Waals surface area contributed by atoms with Crippen LogP contribution in [0.1, 0.15) is 42.6 Å². The van der Waals surface area contributed by atoms with Gasteiger partial charge < -0.3 is 15.2 Å². The smallest absolute Gasteiger partial charge is 0.335 e. The fourth-order valence-corrected chi connectivity index (χ4v) is 2.25. The van der Waals surface area contributed by atoms with E-state index in [4.69, 9.17) is 9.84 Å². The first-order valence-corrected chi connectivity index (χ1v) is 7.78. The van der Waals surface area contributed by atoms with Gasteiger partial charge in [-0.15, -0.1) is 0 Å². The van der Waals surface area contributed by atoms with Crippen LogP contribution in [0.2, 0.25) is 0 Å². The quantitative estimate of drug-likeness (QED) is 0.843. The van der Waals surface area contributed by atoms with E-state index in [1.807, 2.05) is 44.2 Å². The fourth-order valence-electron chi connectivity index (χ4n) is 2.25. The van der Waals surface area contributed by atoms with Crippen molar-refractivity contribution in [2.24, 2.45) is 0 Å². The maximum atomic E-state index is 12.5. The molecular weight excluding hydrogens is 306 g/mol. The Hall–Kier alpha value is -2.82. The van der Waals surface area contributed by atoms with Crippen molar-refractivity contribution < 1.29 is 19.4 Å². The third-order valence-corrected chi connectivity index (χ3v) is 3.54. The number of nitrogens with one attached hydrogen (secondary N) is 1. The molecule has 0 spiro atoms. The predicted molar refractivity (Wildman–Crippen MR) is 92.7 cm³/mol. The second-order valence-corrected chi connectivity index (χ2v) is 5.80. The molecular formula is C19H21NO4. The van der Waals surface area contributed by atoms with Crippen molar-refractivity contribution in [2.45, 2.75) is 32.8 Å². The first-order chi connectivity index (χ1) is 11.4. The Morgan fingerprint density at radius 3 is 2.29 bits per heavy atom. The first kappa shape index (κ1) is 17.5. The van der Waals surface area contributed by atoms with Crippen molar-refractivity contribution in [1.82, 2.24) is 0 Å². The molecule has 2 aromatic carbocycles. The van der Waals surface area contributed by atoms with Gasteiger partial charge >= 0.3 is 5.97 Å². The summed E-state index contributed by atoms with van der Waals surface area (Å²) in [6.07, 6.45) is -0.0946. The van der Waals surface area contributed by atoms with E-state index in [9.17, 15) is 9.59 Å². The van der Waals surface area contributed by atoms with Crippen LogP contribution >= 0.6 is 0 Å². The summed E-state index contributed by atoms with van der Waals surface area (Å²) in [7, 11) is 0. The SMILES string of the molecule is CC(C)Oc1ccc(C(=O)O)cc1NC(=O)[C@@H](C)c1ccccc1. The van der Waals surface area contributed by atoms with Crippen LogP contribution < -0.4 is 10.1 Å². The standard InChI is InChI=1S/C19H21NO4/c1-12(2)24-17-10-9-15(19(22)23)11-16(17)20-18(21)13(3)14-7-5-4-6-8-14/h4-13H,1-3H3,(H,20,21)(H,22,23)/t13-/m0/s1. The van der Waals surface area contributed by atoms with Gasteiger partial charge in [0.1, 0.15) is 5.75 Å². The summed E-state index contributed by atoms with van der Waals surface area (Å²) < 4.78 is 5.66. The second kappa shape index (κ2) is 7.64. The predicted octanol–water partition coefficient (Wildman–Crippen LogP) is 3.91. The van der Waals surface area contributed by atoms with Crippen molar-refractivity contribution in [2.75, 3.05) is 5.32 Å². The van der Waals surface area contributed by atoms with Gasteiger partial charge in [-0.1, -0.05) is 30.3 Å². The molecule has 0 heterocycles. The van der Waals surface area contributed by atoms with Gasteiger partial charge in [0.05, 0.1) is 23.3 Å². The molecule has 0 aromatic heterocycles. The van der Waals surface area contributed by atoms with E-state index in [1.54, 1.807) is 13.0 Å². The number of carbonyl (C=O) groups excluding carboxylic acids is 1. The number of ether oxygens (including phenoxy) is 1. The molecule has 0 fully saturated rings. The number of carboxylic acids is 1. The Kier molecular flexibility index (Phi) is 5.58. The van der Waals surface area contributed by atoms with E-state index in [-0.39, 0.29) is 23.5 Å². The zero-order chi connectivity index (χ0) is 17.7. The van der Waals surface area contributed by atoms with Gasteiger partial charge in [-0.3, -0.25) is 4.79 Å². The molecule has 0 saturated carbocycles. The largest absolute Gasteiger partial charge is 0.489 e. The normalized spacial score (nSPS) is 11.8. The summed E-state index contributed by atoms with van der Waals surface area (Å²) in [5, 5.41) is 11.9. The number of carboxylic acid groups (broad SMARTS) is 1. The molecule has 0 saturated heterocycles. The van der Waals surface area contributed by atoms with Crippen molar-refractivity contribution in [3.8, 4) is 5.75 Å². The van der Waals surface area contributed by atoms with Gasteiger partial charge in [-0.25, -0.2) is 4.79 Å². The molecule has 2 aromatic rings. The Labute approximate surface area is 141 Å². The van der Waals surface area contributed by atoms with Crippen molar-refractivity contribution >= 4 is 17.6 Å². The molecule has 2 rings (SSSR count). The highest BCUT2D eigenvalue weighted by molar-refractivity contribution is 5.98. The molecule has 0 bridgehead atoms. The molecule has 24 heavy (non-hydrogen) atoms. The van der Waals surface area contributed by atoms with E-state index in [2.05, 4.69) is 5.32 Å². The average Bonchev–Trinajstić information content (AvgIpc) is 2.55. The van der Waals surface area contributed by atoms with Gasteiger partial charge in [0.2, 0.25) is 5.91 Å². The number of benzene rings is 2. The number of amides is 1. The summed E-state index contributed by atoms with van der Waals surface area (Å²) in [5.74, 6) is -1.20. The molecule has 126 valence electrons. The number of aromatic carboxylic acids is 1. The summed E-state index contributed by atoms with van der Waals surface area (Å²) in [6.45, 7) is 5.53. The molecule has 5 heteroatoms. The monoisotopic (exact) mass is 327 g/mol. The second-order valence-electron chi connectivity index (χ2n) is 5.80. The third kappa shape index (κ3) is 4.35. The van der Waals surface area contributed by atoms with Gasteiger partial charge in [-0.2, -0.15) is 0 Å². The van der Waals surface area contributed by atoms with E-state index >= 15 is 0 Å². The van der Waals surface area contributed by atoms with Crippen molar-refractivity contribution in [1.29, 1.82) is 0 Å². The third-order valence-electron chi connectivity index (χ3n) is 3.54. The topological polar surface area (TPSA) is 75.6 Å². The number of carbonyl (C=O) groups is 2. The van der Waals surface area contributed by atoms with Crippen LogP contribution in [0.15, 0.2) is 48.5 Å². The Morgan fingerprint density at radius 2 is 1.71 bits per heavy atom. The molecule has 0 aliphatic heterocycles. The lowest BCUT2D eigenvalue weighted by molar-refractivity contribution is -0.117. The van der Waals surface area contributed by atoms with Crippen molar-refractivity contribution in [3.05, 3.63) is 59.7 Å². The lowest BCUT2D eigenvalue weighted by Gasteiger charge is -2.17. The maximum Gasteiger partial charge on any atom is 0.335 e. The van der Waals surface area contributed by atoms with E-state index in [1.165, 1.54) is 12.1 Å². The minimum Gasteiger partial charge on any atom is -0.489 e. The van der Waals surface area contributed by atoms with Crippen LogP contribution in [-0.4, -0.2) is 23.1 Å². The molecule has 1 amide bonds. The summed E-state index contributed by atoms with van der Waals surface area (Å²) in [6, 6.07) is 13.8. The highest BCUT2D eigenvalue weighted by Crippen LogP contribution is 2.28. The Morgan fingerprint density at radius 1 is 1.04 bits per heavy atom. The maximum absolute atomic E-state index is 12.5. The molecule has 0 aliphatic rings. The average molecular weight is 327 g/mol. The highest BCUT2D eigenvalue weighted by Gasteiger charge is 2.18. The zero-order valence-electron chi connectivity index (χ0n) is 13.9. The van der Waals surface area contributed by atoms with Crippen LogP contribution in [-0.2, 0) is 4.79 Å². The fraction of sp³-hybridized carbons (Fsp3) is 0.263. The van der Waals surface area contributed by atoms with Crippen LogP contribution in [0, 0.1) is 0 Å². The zero-order valence-corrected chi connectivity index (χ0v) is 13.9. The molecule has 0 radical (unpaired) electrons. The molecule has 0 aliphatic carbocycles. The van der Waals surface area contributed by atoms with Gasteiger partial charge in [-0.05, 0) is 44.5 Å². The lowest BCUT2D eigenvalue weighted by Crippen LogP contribution is -2.20. The number of anilines is 1. The van der Waals surface area contributed by atoms with Gasteiger partial charge in [0.25, 0.3) is 0 Å². The van der Waals surface area contributed by atoms with Gasteiger partial charge in [0, 0.05) is 0 Å². The Balaban J connectivity index is 2.27. The van der Waals surface area contributed by atoms with E-state index < -0.39 is 5.97 Å². The molecule has 0 unspecified atom stereocenters. The first-order valence-electron chi connectivity index (χ1n) is 7.78. The summed E-state index contributed by atoms with van der Waals surface area (Å²) in [5.41, 5.74) is 1.33. The van der Waals surface area contributed by atoms with Crippen LogP contribution in [0.25, 0.3) is 0 Å². The summed E-state index contributed by atoms with van der Waals surface area (Å²) in [4.78, 5) is 23.7. The van der Waals surface area contributed by atoms with Gasteiger partial charge in [0.15, 0.2) is 0 Å². The molecule has 5 nitrogen and oxygen atoms in total.